The van der Waals surface area contributed by atoms with Gasteiger partial charge in [-0.25, -0.2) is 0 Å². The molecule has 3 heteroatoms. The fraction of sp³-hybridized carbons (Fsp3) is 0.727. The minimum absolute atomic E-state index is 0.313. The van der Waals surface area contributed by atoms with E-state index in [0.717, 1.165) is 31.0 Å². The molecular weight excluding hydrogens is 176 g/mol. The number of aromatic nitrogens is 1. The van der Waals surface area contributed by atoms with Crippen LogP contribution < -0.4 is 5.32 Å². The van der Waals surface area contributed by atoms with Gasteiger partial charge in [0.2, 0.25) is 0 Å². The topological polar surface area (TPSA) is 38.1 Å². The van der Waals surface area contributed by atoms with Crippen LogP contribution in [-0.4, -0.2) is 11.7 Å². The molecule has 0 unspecified atom stereocenters. The Hall–Kier alpha value is -0.830. The molecule has 0 saturated carbocycles. The molecule has 0 aliphatic heterocycles. The van der Waals surface area contributed by atoms with Crippen molar-refractivity contribution in [2.24, 2.45) is 5.41 Å². The van der Waals surface area contributed by atoms with Gasteiger partial charge in [-0.15, -0.1) is 0 Å². The quantitative estimate of drug-likeness (QED) is 0.803. The molecule has 1 rings (SSSR count). The number of hydrogen-bond donors (Lipinski definition) is 1. The van der Waals surface area contributed by atoms with Crippen LogP contribution in [0, 0.1) is 5.41 Å². The van der Waals surface area contributed by atoms with E-state index in [1.54, 1.807) is 0 Å². The van der Waals surface area contributed by atoms with Gasteiger partial charge in [0.15, 0.2) is 5.76 Å². The Morgan fingerprint density at radius 3 is 2.64 bits per heavy atom. The van der Waals surface area contributed by atoms with Crippen molar-refractivity contribution in [2.45, 2.75) is 40.7 Å². The monoisotopic (exact) mass is 196 g/mol. The van der Waals surface area contributed by atoms with E-state index in [1.807, 2.05) is 6.07 Å². The fourth-order valence-corrected chi connectivity index (χ4v) is 1.17. The molecule has 1 aromatic heterocycles. The van der Waals surface area contributed by atoms with Crippen LogP contribution in [0.5, 0.6) is 0 Å². The van der Waals surface area contributed by atoms with Crippen molar-refractivity contribution in [3.8, 4) is 0 Å². The third kappa shape index (κ3) is 3.92. The van der Waals surface area contributed by atoms with Crippen molar-refractivity contribution in [1.29, 1.82) is 0 Å². The Morgan fingerprint density at radius 2 is 2.14 bits per heavy atom. The summed E-state index contributed by atoms with van der Waals surface area (Å²) < 4.78 is 5.16. The summed E-state index contributed by atoms with van der Waals surface area (Å²) in [5, 5.41) is 7.28. The zero-order valence-corrected chi connectivity index (χ0v) is 9.55. The van der Waals surface area contributed by atoms with Crippen molar-refractivity contribution in [1.82, 2.24) is 10.5 Å². The van der Waals surface area contributed by atoms with E-state index in [0.29, 0.717) is 5.41 Å². The van der Waals surface area contributed by atoms with Crippen LogP contribution >= 0.6 is 0 Å². The van der Waals surface area contributed by atoms with E-state index in [2.05, 4.69) is 38.2 Å². The first-order valence-corrected chi connectivity index (χ1v) is 5.16. The average molecular weight is 196 g/mol. The van der Waals surface area contributed by atoms with Crippen LogP contribution in [0.1, 0.15) is 39.1 Å². The summed E-state index contributed by atoms with van der Waals surface area (Å²) in [6.45, 7) is 10.4. The van der Waals surface area contributed by atoms with Crippen molar-refractivity contribution in [3.63, 3.8) is 0 Å². The maximum Gasteiger partial charge on any atom is 0.150 e. The molecule has 0 bridgehead atoms. The lowest BCUT2D eigenvalue weighted by atomic mass is 9.97. The van der Waals surface area contributed by atoms with Crippen molar-refractivity contribution in [2.75, 3.05) is 6.54 Å². The van der Waals surface area contributed by atoms with Gasteiger partial charge < -0.3 is 9.84 Å². The summed E-state index contributed by atoms with van der Waals surface area (Å²) in [5.41, 5.74) is 1.34. The molecule has 0 atom stereocenters. The molecule has 0 aliphatic carbocycles. The number of aryl methyl sites for hydroxylation is 1. The first-order chi connectivity index (χ1) is 6.51. The standard InChI is InChI=1S/C11H20N2O/c1-5-9-6-10(14-13-9)7-12-8-11(2,3)4/h6,12H,5,7-8H2,1-4H3. The van der Waals surface area contributed by atoms with E-state index in [1.165, 1.54) is 0 Å². The largest absolute Gasteiger partial charge is 0.360 e. The Kier molecular flexibility index (Phi) is 3.69. The summed E-state index contributed by atoms with van der Waals surface area (Å²) in [5.74, 6) is 0.922. The van der Waals surface area contributed by atoms with Gasteiger partial charge in [0.05, 0.1) is 12.2 Å². The third-order valence-corrected chi connectivity index (χ3v) is 1.92. The Morgan fingerprint density at radius 1 is 1.43 bits per heavy atom. The van der Waals surface area contributed by atoms with E-state index in [9.17, 15) is 0 Å². The Balaban J connectivity index is 2.31. The first kappa shape index (κ1) is 11.2. The highest BCUT2D eigenvalue weighted by atomic mass is 16.5. The van der Waals surface area contributed by atoms with Gasteiger partial charge in [-0.1, -0.05) is 32.9 Å². The third-order valence-electron chi connectivity index (χ3n) is 1.92. The molecule has 0 saturated heterocycles. The van der Waals surface area contributed by atoms with Crippen LogP contribution in [-0.2, 0) is 13.0 Å². The van der Waals surface area contributed by atoms with Gasteiger partial charge in [-0.3, -0.25) is 0 Å². The molecule has 3 nitrogen and oxygen atoms in total. The highest BCUT2D eigenvalue weighted by Crippen LogP contribution is 2.11. The summed E-state index contributed by atoms with van der Waals surface area (Å²) in [6.07, 6.45) is 0.933. The predicted molar refractivity (Wildman–Crippen MR) is 57.0 cm³/mol. The maximum atomic E-state index is 5.16. The second-order valence-corrected chi connectivity index (χ2v) is 4.80. The minimum atomic E-state index is 0.313. The lowest BCUT2D eigenvalue weighted by Gasteiger charge is -2.17. The highest BCUT2D eigenvalue weighted by molar-refractivity contribution is 5.04. The predicted octanol–water partition coefficient (Wildman–Crippen LogP) is 2.37. The van der Waals surface area contributed by atoms with Crippen LogP contribution in [0.3, 0.4) is 0 Å². The van der Waals surface area contributed by atoms with Crippen LogP contribution in [0.15, 0.2) is 10.6 Å². The Bertz CT molecular complexity index is 273. The number of rotatable bonds is 4. The average Bonchev–Trinajstić information content (AvgIpc) is 2.50. The van der Waals surface area contributed by atoms with Crippen LogP contribution in [0.2, 0.25) is 0 Å². The molecule has 0 amide bonds. The zero-order chi connectivity index (χ0) is 10.6. The summed E-state index contributed by atoms with van der Waals surface area (Å²) in [6, 6.07) is 2.01. The van der Waals surface area contributed by atoms with E-state index in [4.69, 9.17) is 4.52 Å². The van der Waals surface area contributed by atoms with Crippen molar-refractivity contribution >= 4 is 0 Å². The molecule has 1 heterocycles. The molecule has 0 aliphatic rings. The zero-order valence-electron chi connectivity index (χ0n) is 9.55. The van der Waals surface area contributed by atoms with Gasteiger partial charge >= 0.3 is 0 Å². The fourth-order valence-electron chi connectivity index (χ4n) is 1.17. The van der Waals surface area contributed by atoms with Gasteiger partial charge in [-0.2, -0.15) is 0 Å². The molecule has 0 radical (unpaired) electrons. The smallest absolute Gasteiger partial charge is 0.150 e. The second kappa shape index (κ2) is 4.60. The number of nitrogens with one attached hydrogen (secondary N) is 1. The maximum absolute atomic E-state index is 5.16. The van der Waals surface area contributed by atoms with E-state index < -0.39 is 0 Å². The molecule has 0 spiro atoms. The SMILES string of the molecule is CCc1cc(CNCC(C)(C)C)on1. The lowest BCUT2D eigenvalue weighted by molar-refractivity contribution is 0.339. The van der Waals surface area contributed by atoms with E-state index >= 15 is 0 Å². The number of nitrogens with zero attached hydrogens (tertiary/aromatic N) is 1. The molecule has 80 valence electrons. The summed E-state index contributed by atoms with van der Waals surface area (Å²) in [4.78, 5) is 0. The molecule has 0 fully saturated rings. The van der Waals surface area contributed by atoms with Gasteiger partial charge in [0, 0.05) is 12.6 Å². The lowest BCUT2D eigenvalue weighted by Crippen LogP contribution is -2.26. The normalized spacial score (nSPS) is 12.0. The Labute approximate surface area is 85.9 Å². The van der Waals surface area contributed by atoms with Gasteiger partial charge in [0.1, 0.15) is 0 Å². The van der Waals surface area contributed by atoms with Gasteiger partial charge in [-0.05, 0) is 11.8 Å². The molecule has 14 heavy (non-hydrogen) atoms. The first-order valence-electron chi connectivity index (χ1n) is 5.16. The second-order valence-electron chi connectivity index (χ2n) is 4.80. The van der Waals surface area contributed by atoms with Crippen LogP contribution in [0.4, 0.5) is 0 Å². The minimum Gasteiger partial charge on any atom is -0.360 e. The van der Waals surface area contributed by atoms with E-state index in [-0.39, 0.29) is 0 Å². The molecule has 0 aromatic carbocycles. The molecular formula is C11H20N2O. The van der Waals surface area contributed by atoms with Gasteiger partial charge in [0.25, 0.3) is 0 Å². The van der Waals surface area contributed by atoms with Crippen molar-refractivity contribution in [3.05, 3.63) is 17.5 Å². The number of hydrogen-bond acceptors (Lipinski definition) is 3. The highest BCUT2D eigenvalue weighted by Gasteiger charge is 2.09. The molecule has 1 N–H and O–H groups in total. The van der Waals surface area contributed by atoms with Crippen LogP contribution in [0.25, 0.3) is 0 Å². The molecule has 1 aromatic rings. The van der Waals surface area contributed by atoms with Crippen molar-refractivity contribution < 1.29 is 4.52 Å². The summed E-state index contributed by atoms with van der Waals surface area (Å²) >= 11 is 0. The summed E-state index contributed by atoms with van der Waals surface area (Å²) in [7, 11) is 0.